The number of aliphatic hydroxyl groups is 1. The highest BCUT2D eigenvalue weighted by molar-refractivity contribution is 7.13. The summed E-state index contributed by atoms with van der Waals surface area (Å²) in [6.45, 7) is -0.547. The molecule has 1 heterocycles. The third kappa shape index (κ3) is 4.37. The largest absolute Gasteiger partial charge is 0.481 e. The number of thiazole rings is 1. The quantitative estimate of drug-likeness (QED) is 0.809. The maximum atomic E-state index is 11.8. The van der Waals surface area contributed by atoms with Crippen LogP contribution in [-0.2, 0) is 16.0 Å². The highest BCUT2D eigenvalue weighted by atomic mass is 35.5. The molecule has 0 aliphatic carbocycles. The van der Waals surface area contributed by atoms with Gasteiger partial charge in [-0.2, -0.15) is 0 Å². The summed E-state index contributed by atoms with van der Waals surface area (Å²) in [7, 11) is 0. The van der Waals surface area contributed by atoms with Crippen LogP contribution in [0.5, 0.6) is 0 Å². The van der Waals surface area contributed by atoms with Gasteiger partial charge in [0.25, 0.3) is 0 Å². The molecule has 2 N–H and O–H groups in total. The third-order valence-electron chi connectivity index (χ3n) is 3.06. The van der Waals surface area contributed by atoms with Crippen LogP contribution in [0.15, 0.2) is 29.6 Å². The molecule has 116 valence electrons. The number of carboxylic acid groups (broad SMARTS) is 1. The van der Waals surface area contributed by atoms with E-state index in [4.69, 9.17) is 21.8 Å². The lowest BCUT2D eigenvalue weighted by Gasteiger charge is -2.06. The van der Waals surface area contributed by atoms with Crippen molar-refractivity contribution < 1.29 is 19.8 Å². The van der Waals surface area contributed by atoms with Gasteiger partial charge in [0.2, 0.25) is 0 Å². The monoisotopic (exact) mass is 339 g/mol. The Morgan fingerprint density at radius 3 is 2.55 bits per heavy atom. The van der Waals surface area contributed by atoms with E-state index >= 15 is 0 Å². The number of carboxylic acids is 1. The number of aromatic nitrogens is 1. The lowest BCUT2D eigenvalue weighted by atomic mass is 10.0. The Morgan fingerprint density at radius 1 is 1.27 bits per heavy atom. The van der Waals surface area contributed by atoms with E-state index in [-0.39, 0.29) is 18.6 Å². The Balaban J connectivity index is 2.01. The number of ketones is 1. The number of aliphatic carboxylic acids is 1. The molecular weight excluding hydrogens is 326 g/mol. The van der Waals surface area contributed by atoms with Gasteiger partial charge in [-0.1, -0.05) is 23.7 Å². The van der Waals surface area contributed by atoms with E-state index < -0.39 is 18.5 Å². The Bertz CT molecular complexity index is 668. The molecule has 0 unspecified atom stereocenters. The minimum atomic E-state index is -1.17. The van der Waals surface area contributed by atoms with Crippen LogP contribution < -0.4 is 0 Å². The van der Waals surface area contributed by atoms with Crippen molar-refractivity contribution in [3.63, 3.8) is 0 Å². The lowest BCUT2D eigenvalue weighted by molar-refractivity contribution is -0.145. The first kappa shape index (κ1) is 16.6. The maximum Gasteiger partial charge on any atom is 0.309 e. The van der Waals surface area contributed by atoms with E-state index in [1.54, 1.807) is 17.5 Å². The fourth-order valence-electron chi connectivity index (χ4n) is 1.89. The van der Waals surface area contributed by atoms with Crippen molar-refractivity contribution in [3.8, 4) is 10.6 Å². The van der Waals surface area contributed by atoms with E-state index in [9.17, 15) is 9.59 Å². The topological polar surface area (TPSA) is 87.5 Å². The molecule has 0 saturated carbocycles. The molecule has 22 heavy (non-hydrogen) atoms. The van der Waals surface area contributed by atoms with Crippen molar-refractivity contribution in [2.75, 3.05) is 6.61 Å². The number of rotatable bonds is 7. The molecule has 2 aromatic rings. The number of Topliss-reactive ketones (excluding diaryl/α,β-unsaturated/α-hetero) is 1. The second-order valence-electron chi connectivity index (χ2n) is 4.79. The Morgan fingerprint density at radius 2 is 1.95 bits per heavy atom. The molecular formula is C15H14ClNO4S. The van der Waals surface area contributed by atoms with E-state index in [2.05, 4.69) is 4.98 Å². The van der Waals surface area contributed by atoms with Gasteiger partial charge in [-0.25, -0.2) is 4.98 Å². The van der Waals surface area contributed by atoms with E-state index in [0.29, 0.717) is 10.7 Å². The smallest absolute Gasteiger partial charge is 0.309 e. The standard InChI is InChI=1S/C15H14ClNO4S/c16-11-3-1-9(2-4-11)14-17-12(8-22-14)6-13(19)5-10(7-18)15(20)21/h1-4,8,10,18H,5-7H2,(H,20,21)/t10-/m0/s1. The van der Waals surface area contributed by atoms with Gasteiger partial charge in [-0.05, 0) is 12.1 Å². The zero-order valence-corrected chi connectivity index (χ0v) is 13.1. The van der Waals surface area contributed by atoms with Crippen LogP contribution in [0.3, 0.4) is 0 Å². The van der Waals surface area contributed by atoms with Crippen molar-refractivity contribution in [2.24, 2.45) is 5.92 Å². The Labute approximate surface area is 136 Å². The van der Waals surface area contributed by atoms with Crippen LogP contribution in [0, 0.1) is 5.92 Å². The molecule has 2 rings (SSSR count). The zero-order chi connectivity index (χ0) is 16.1. The van der Waals surface area contributed by atoms with Crippen LogP contribution in [0.2, 0.25) is 5.02 Å². The van der Waals surface area contributed by atoms with Gasteiger partial charge in [0, 0.05) is 28.8 Å². The molecule has 0 saturated heterocycles. The summed E-state index contributed by atoms with van der Waals surface area (Å²) in [5.41, 5.74) is 1.51. The Kier molecular flexibility index (Phi) is 5.65. The maximum absolute atomic E-state index is 11.8. The predicted molar refractivity (Wildman–Crippen MR) is 84.1 cm³/mol. The summed E-state index contributed by atoms with van der Waals surface area (Å²) in [6.07, 6.45) is -0.131. The van der Waals surface area contributed by atoms with Crippen molar-refractivity contribution in [1.29, 1.82) is 0 Å². The minimum Gasteiger partial charge on any atom is -0.481 e. The van der Waals surface area contributed by atoms with Crippen molar-refractivity contribution in [2.45, 2.75) is 12.8 Å². The van der Waals surface area contributed by atoms with Gasteiger partial charge in [0.15, 0.2) is 0 Å². The van der Waals surface area contributed by atoms with Crippen molar-refractivity contribution in [3.05, 3.63) is 40.4 Å². The second-order valence-corrected chi connectivity index (χ2v) is 6.08. The SMILES string of the molecule is O=C(Cc1csc(-c2ccc(Cl)cc2)n1)C[C@@H](CO)C(=O)O. The summed E-state index contributed by atoms with van der Waals surface area (Å²) in [6, 6.07) is 7.22. The van der Waals surface area contributed by atoms with Gasteiger partial charge in [-0.3, -0.25) is 9.59 Å². The third-order valence-corrected chi connectivity index (χ3v) is 4.26. The van der Waals surface area contributed by atoms with E-state index in [1.807, 2.05) is 12.1 Å². The number of hydrogen-bond donors (Lipinski definition) is 2. The van der Waals surface area contributed by atoms with Crippen molar-refractivity contribution in [1.82, 2.24) is 4.98 Å². The first-order valence-electron chi connectivity index (χ1n) is 6.55. The van der Waals surface area contributed by atoms with Gasteiger partial charge in [0.1, 0.15) is 10.8 Å². The molecule has 0 bridgehead atoms. The molecule has 1 aromatic heterocycles. The van der Waals surface area contributed by atoms with E-state index in [0.717, 1.165) is 10.6 Å². The fourth-order valence-corrected chi connectivity index (χ4v) is 2.84. The molecule has 0 radical (unpaired) electrons. The van der Waals surface area contributed by atoms with Crippen LogP contribution in [0.1, 0.15) is 12.1 Å². The number of carbonyl (C=O) groups is 2. The summed E-state index contributed by atoms with van der Waals surface area (Å²) in [5, 5.41) is 20.9. The minimum absolute atomic E-state index is 0.0634. The number of halogens is 1. The van der Waals surface area contributed by atoms with Crippen molar-refractivity contribution >= 4 is 34.7 Å². The van der Waals surface area contributed by atoms with Crippen LogP contribution in [-0.4, -0.2) is 33.6 Å². The molecule has 0 aliphatic rings. The average Bonchev–Trinajstić information content (AvgIpc) is 2.93. The molecule has 1 aromatic carbocycles. The normalized spacial score (nSPS) is 12.1. The van der Waals surface area contributed by atoms with Crippen LogP contribution in [0.25, 0.3) is 10.6 Å². The van der Waals surface area contributed by atoms with Gasteiger partial charge in [-0.15, -0.1) is 11.3 Å². The molecule has 0 amide bonds. The summed E-state index contributed by atoms with van der Waals surface area (Å²) < 4.78 is 0. The molecule has 0 fully saturated rings. The highest BCUT2D eigenvalue weighted by Gasteiger charge is 2.20. The van der Waals surface area contributed by atoms with Gasteiger partial charge < -0.3 is 10.2 Å². The zero-order valence-electron chi connectivity index (χ0n) is 11.5. The molecule has 7 heteroatoms. The van der Waals surface area contributed by atoms with Crippen LogP contribution in [0.4, 0.5) is 0 Å². The number of nitrogens with zero attached hydrogens (tertiary/aromatic N) is 1. The van der Waals surface area contributed by atoms with Gasteiger partial charge >= 0.3 is 5.97 Å². The molecule has 0 spiro atoms. The Hall–Kier alpha value is -1.76. The number of carbonyl (C=O) groups excluding carboxylic acids is 1. The van der Waals surface area contributed by atoms with Gasteiger partial charge in [0.05, 0.1) is 18.2 Å². The van der Waals surface area contributed by atoms with E-state index in [1.165, 1.54) is 11.3 Å². The number of benzene rings is 1. The highest BCUT2D eigenvalue weighted by Crippen LogP contribution is 2.25. The first-order chi connectivity index (χ1) is 10.5. The number of aliphatic hydroxyl groups excluding tert-OH is 1. The number of hydrogen-bond acceptors (Lipinski definition) is 5. The fraction of sp³-hybridized carbons (Fsp3) is 0.267. The first-order valence-corrected chi connectivity index (χ1v) is 7.81. The lowest BCUT2D eigenvalue weighted by Crippen LogP contribution is -2.22. The summed E-state index contributed by atoms with van der Waals surface area (Å²) in [4.78, 5) is 27.0. The average molecular weight is 340 g/mol. The predicted octanol–water partition coefficient (Wildman–Crippen LogP) is 2.66. The second kappa shape index (κ2) is 7.49. The van der Waals surface area contributed by atoms with Crippen LogP contribution >= 0.6 is 22.9 Å². The summed E-state index contributed by atoms with van der Waals surface area (Å²) >= 11 is 7.24. The molecule has 5 nitrogen and oxygen atoms in total. The summed E-state index contributed by atoms with van der Waals surface area (Å²) in [5.74, 6) is -2.48. The molecule has 0 aliphatic heterocycles. The molecule has 1 atom stereocenters.